The van der Waals surface area contributed by atoms with Crippen molar-refractivity contribution >= 4 is 40.6 Å². The van der Waals surface area contributed by atoms with E-state index in [0.29, 0.717) is 35.7 Å². The molecule has 18 heteroatoms. The van der Waals surface area contributed by atoms with Crippen LogP contribution in [0.15, 0.2) is 53.6 Å². The summed E-state index contributed by atoms with van der Waals surface area (Å²) < 4.78 is 38.9. The lowest BCUT2D eigenvalue weighted by atomic mass is 10.1. The molecule has 1 fully saturated rings. The van der Waals surface area contributed by atoms with Crippen LogP contribution in [0.5, 0.6) is 17.2 Å². The summed E-state index contributed by atoms with van der Waals surface area (Å²) >= 11 is 4.86. The standard InChI is InChI=1S/C34H32ClF2N9O6/c1-3-24-28(43-11-13-44(14-12-43)31(49)27-29(48)19(2)38-18-39-27)32(50)46-33(41-30(42-46)21-4-9-25-20(16-21)10-15-51-25)45(24)17-26(47)40-22-5-7-23(8-6-22)52-34(35,36)37/h4-9,16,18,48H,3,10-15,17H2,1-2H3,(H,40,47). The van der Waals surface area contributed by atoms with E-state index in [1.807, 2.05) is 30.0 Å². The minimum Gasteiger partial charge on any atom is -0.504 e. The number of aromatic hydroxyl groups is 1. The number of aryl methyl sites for hydroxylation is 1. The maximum Gasteiger partial charge on any atom is 0.487 e. The highest BCUT2D eigenvalue weighted by Gasteiger charge is 2.31. The van der Waals surface area contributed by atoms with Gasteiger partial charge < -0.3 is 34.3 Å². The number of benzene rings is 2. The van der Waals surface area contributed by atoms with Gasteiger partial charge in [-0.25, -0.2) is 9.97 Å². The van der Waals surface area contributed by atoms with Gasteiger partial charge in [0.15, 0.2) is 17.3 Å². The fraction of sp³-hybridized carbons (Fsp3) is 0.324. The molecule has 0 unspecified atom stereocenters. The van der Waals surface area contributed by atoms with Gasteiger partial charge in [-0.3, -0.25) is 14.4 Å². The second kappa shape index (κ2) is 13.7. The van der Waals surface area contributed by atoms with Crippen molar-refractivity contribution in [3.8, 4) is 28.6 Å². The van der Waals surface area contributed by atoms with Crippen LogP contribution in [0.2, 0.25) is 0 Å². The third kappa shape index (κ3) is 6.78. The third-order valence-corrected chi connectivity index (χ3v) is 8.95. The smallest absolute Gasteiger partial charge is 0.487 e. The molecule has 0 bridgehead atoms. The van der Waals surface area contributed by atoms with Gasteiger partial charge in [0, 0.05) is 55.5 Å². The molecule has 0 aliphatic carbocycles. The van der Waals surface area contributed by atoms with E-state index in [1.165, 1.54) is 35.1 Å². The number of alkyl halides is 3. The number of piperazine rings is 1. The first-order valence-corrected chi connectivity index (χ1v) is 16.8. The first-order chi connectivity index (χ1) is 24.9. The zero-order valence-corrected chi connectivity index (χ0v) is 28.7. The maximum atomic E-state index is 14.3. The highest BCUT2D eigenvalue weighted by atomic mass is 35.5. The minimum atomic E-state index is -3.89. The molecule has 0 spiro atoms. The third-order valence-electron chi connectivity index (χ3n) is 8.87. The second-order valence-corrected chi connectivity index (χ2v) is 12.6. The number of carbonyl (C=O) groups is 2. The molecular formula is C34H32ClF2N9O6. The molecule has 7 rings (SSSR count). The van der Waals surface area contributed by atoms with Crippen LogP contribution in [0, 0.1) is 6.92 Å². The quantitative estimate of drug-likeness (QED) is 0.212. The largest absolute Gasteiger partial charge is 0.504 e. The normalized spacial score (nSPS) is 14.3. The molecule has 52 heavy (non-hydrogen) atoms. The van der Waals surface area contributed by atoms with Gasteiger partial charge in [0.05, 0.1) is 18.0 Å². The van der Waals surface area contributed by atoms with Gasteiger partial charge in [-0.15, -0.1) is 13.9 Å². The fourth-order valence-corrected chi connectivity index (χ4v) is 6.46. The molecule has 0 radical (unpaired) electrons. The maximum absolute atomic E-state index is 14.3. The second-order valence-electron chi connectivity index (χ2n) is 12.2. The van der Waals surface area contributed by atoms with E-state index in [4.69, 9.17) is 21.3 Å². The number of anilines is 2. The number of rotatable bonds is 9. The van der Waals surface area contributed by atoms with E-state index in [1.54, 1.807) is 16.4 Å². The Morgan fingerprint density at radius 1 is 1.10 bits per heavy atom. The number of ether oxygens (including phenoxy) is 2. The monoisotopic (exact) mass is 735 g/mol. The van der Waals surface area contributed by atoms with Crippen molar-refractivity contribution in [3.05, 3.63) is 81.8 Å². The Labute approximate surface area is 299 Å². The molecule has 3 aromatic heterocycles. The van der Waals surface area contributed by atoms with Crippen molar-refractivity contribution in [2.45, 2.75) is 38.8 Å². The van der Waals surface area contributed by atoms with Crippen molar-refractivity contribution in [1.82, 2.24) is 34.0 Å². The topological polar surface area (TPSA) is 169 Å². The van der Waals surface area contributed by atoms with Gasteiger partial charge in [0.2, 0.25) is 11.7 Å². The molecule has 2 aliphatic rings. The van der Waals surface area contributed by atoms with E-state index >= 15 is 0 Å². The van der Waals surface area contributed by atoms with E-state index in [9.17, 15) is 28.3 Å². The molecule has 2 aliphatic heterocycles. The summed E-state index contributed by atoms with van der Waals surface area (Å²) in [5.74, 6) is -0.229. The Bertz CT molecular complexity index is 2250. The number of hydrogen-bond acceptors (Lipinski definition) is 11. The number of aromatic nitrogens is 6. The molecule has 5 aromatic rings. The first-order valence-electron chi connectivity index (χ1n) is 16.4. The SMILES string of the molecule is CCc1c(N2CCN(C(=O)c3ncnc(C)c3O)CC2)c(=O)n2nc(-c3ccc4c(c3)CCO4)nc2n1CC(=O)Nc1ccc(OC(F)(F)Cl)cc1. The van der Waals surface area contributed by atoms with Gasteiger partial charge >= 0.3 is 5.57 Å². The average molecular weight is 736 g/mol. The average Bonchev–Trinajstić information content (AvgIpc) is 3.78. The molecule has 2 N–H and O–H groups in total. The molecule has 2 aromatic carbocycles. The molecule has 5 heterocycles. The number of nitrogens with one attached hydrogen (secondary N) is 1. The highest BCUT2D eigenvalue weighted by molar-refractivity contribution is 6.20. The molecule has 1 saturated heterocycles. The van der Waals surface area contributed by atoms with Gasteiger partial charge in [-0.1, -0.05) is 6.92 Å². The van der Waals surface area contributed by atoms with Crippen LogP contribution in [0.25, 0.3) is 17.2 Å². The molecule has 2 amide bonds. The van der Waals surface area contributed by atoms with E-state index in [0.717, 1.165) is 17.7 Å². The summed E-state index contributed by atoms with van der Waals surface area (Å²) in [6.07, 6.45) is 2.27. The number of hydrogen-bond donors (Lipinski definition) is 2. The number of carbonyl (C=O) groups excluding carboxylic acids is 2. The Morgan fingerprint density at radius 3 is 2.56 bits per heavy atom. The summed E-state index contributed by atoms with van der Waals surface area (Å²) in [5.41, 5.74) is -1.36. The van der Waals surface area contributed by atoms with Crippen molar-refractivity contribution in [3.63, 3.8) is 0 Å². The van der Waals surface area contributed by atoms with Crippen LogP contribution >= 0.6 is 11.6 Å². The molecular weight excluding hydrogens is 704 g/mol. The highest BCUT2D eigenvalue weighted by Crippen LogP contribution is 2.31. The van der Waals surface area contributed by atoms with Crippen molar-refractivity contribution in [1.29, 1.82) is 0 Å². The van der Waals surface area contributed by atoms with Crippen LogP contribution in [0.1, 0.15) is 34.4 Å². The minimum absolute atomic E-state index is 0.0996. The van der Waals surface area contributed by atoms with Crippen molar-refractivity contribution in [2.24, 2.45) is 0 Å². The van der Waals surface area contributed by atoms with Gasteiger partial charge in [0.1, 0.15) is 30.1 Å². The fourth-order valence-electron chi connectivity index (χ4n) is 6.37. The van der Waals surface area contributed by atoms with Gasteiger partial charge in [-0.05, 0) is 61.4 Å². The summed E-state index contributed by atoms with van der Waals surface area (Å²) in [6.45, 7) is 4.68. The van der Waals surface area contributed by atoms with E-state index in [2.05, 4.69) is 25.1 Å². The van der Waals surface area contributed by atoms with Crippen LogP contribution in [0.4, 0.5) is 20.2 Å². The van der Waals surface area contributed by atoms with E-state index in [-0.39, 0.29) is 67.2 Å². The predicted octanol–water partition coefficient (Wildman–Crippen LogP) is 3.63. The summed E-state index contributed by atoms with van der Waals surface area (Å²) in [5, 5.41) is 17.7. The van der Waals surface area contributed by atoms with Crippen LogP contribution < -0.4 is 25.2 Å². The Hall–Kier alpha value is -5.84. The van der Waals surface area contributed by atoms with E-state index < -0.39 is 22.9 Å². The Kier molecular flexibility index (Phi) is 9.12. The Morgan fingerprint density at radius 2 is 1.85 bits per heavy atom. The van der Waals surface area contributed by atoms with Gasteiger partial charge in [0.25, 0.3) is 11.5 Å². The number of halogens is 3. The summed E-state index contributed by atoms with van der Waals surface area (Å²) in [6, 6.07) is 10.8. The lowest BCUT2D eigenvalue weighted by Crippen LogP contribution is -2.51. The van der Waals surface area contributed by atoms with Crippen LogP contribution in [-0.4, -0.2) is 89.3 Å². The summed E-state index contributed by atoms with van der Waals surface area (Å²) in [7, 11) is 0. The lowest BCUT2D eigenvalue weighted by Gasteiger charge is -2.36. The number of amides is 2. The number of fused-ring (bicyclic) bond motifs is 2. The summed E-state index contributed by atoms with van der Waals surface area (Å²) in [4.78, 5) is 57.1. The predicted molar refractivity (Wildman–Crippen MR) is 184 cm³/mol. The first kappa shape index (κ1) is 34.6. The lowest BCUT2D eigenvalue weighted by molar-refractivity contribution is -0.116. The molecule has 15 nitrogen and oxygen atoms in total. The van der Waals surface area contributed by atoms with Crippen LogP contribution in [0.3, 0.4) is 0 Å². The zero-order valence-electron chi connectivity index (χ0n) is 28.0. The number of nitrogens with zero attached hydrogens (tertiary/aromatic N) is 8. The molecule has 0 saturated carbocycles. The Balaban J connectivity index is 1.23. The molecule has 0 atom stereocenters. The molecule has 270 valence electrons. The van der Waals surface area contributed by atoms with Crippen molar-refractivity contribution in [2.75, 3.05) is 43.0 Å². The van der Waals surface area contributed by atoms with Crippen LogP contribution in [-0.2, 0) is 24.2 Å². The van der Waals surface area contributed by atoms with Crippen molar-refractivity contribution < 1.29 is 33.0 Å². The zero-order chi connectivity index (χ0) is 36.7. The van der Waals surface area contributed by atoms with Gasteiger partial charge in [-0.2, -0.15) is 9.50 Å².